The van der Waals surface area contributed by atoms with E-state index in [1.54, 1.807) is 12.1 Å². The molecule has 0 amide bonds. The fourth-order valence-electron chi connectivity index (χ4n) is 2.02. The Bertz CT molecular complexity index is 514. The highest BCUT2D eigenvalue weighted by atomic mass is 32.1. The first kappa shape index (κ1) is 13.2. The van der Waals surface area contributed by atoms with Crippen LogP contribution in [0.3, 0.4) is 0 Å². The van der Waals surface area contributed by atoms with E-state index in [4.69, 9.17) is 0 Å². The van der Waals surface area contributed by atoms with Crippen molar-refractivity contribution >= 4 is 11.3 Å². The first-order valence-corrected chi connectivity index (χ1v) is 6.90. The number of likely N-dealkylation sites (N-methyl/N-ethyl adjacent to an activating group) is 1. The van der Waals surface area contributed by atoms with E-state index in [0.717, 1.165) is 12.0 Å². The largest absolute Gasteiger partial charge is 0.312 e. The van der Waals surface area contributed by atoms with E-state index in [9.17, 15) is 4.39 Å². The summed E-state index contributed by atoms with van der Waals surface area (Å²) < 4.78 is 13.2. The summed E-state index contributed by atoms with van der Waals surface area (Å²) in [6.07, 6.45) is 0.813. The molecule has 1 heterocycles. The first-order chi connectivity index (χ1) is 8.60. The Balaban J connectivity index is 2.19. The molecule has 1 N–H and O–H groups in total. The van der Waals surface area contributed by atoms with Crippen LogP contribution in [0.25, 0.3) is 0 Å². The number of hydrogen-bond donors (Lipinski definition) is 1. The second-order valence-corrected chi connectivity index (χ2v) is 5.85. The summed E-state index contributed by atoms with van der Waals surface area (Å²) in [7, 11) is 1.95. The van der Waals surface area contributed by atoms with Crippen molar-refractivity contribution in [2.45, 2.75) is 26.3 Å². The number of rotatable bonds is 4. The summed E-state index contributed by atoms with van der Waals surface area (Å²) in [5, 5.41) is 3.31. The lowest BCUT2D eigenvalue weighted by Gasteiger charge is -2.14. The van der Waals surface area contributed by atoms with Gasteiger partial charge in [0.1, 0.15) is 5.82 Å². The van der Waals surface area contributed by atoms with E-state index in [1.807, 2.05) is 24.5 Å². The fourth-order valence-corrected chi connectivity index (χ4v) is 3.17. The summed E-state index contributed by atoms with van der Waals surface area (Å²) in [6, 6.07) is 9.31. The maximum absolute atomic E-state index is 13.2. The molecule has 0 saturated carbocycles. The molecular formula is C15H18FNS. The zero-order chi connectivity index (χ0) is 13.1. The van der Waals surface area contributed by atoms with Crippen LogP contribution >= 0.6 is 11.3 Å². The summed E-state index contributed by atoms with van der Waals surface area (Å²) in [4.78, 5) is 2.67. The minimum absolute atomic E-state index is 0.166. The smallest absolute Gasteiger partial charge is 0.123 e. The lowest BCUT2D eigenvalue weighted by Crippen LogP contribution is -2.17. The average Bonchev–Trinajstić information content (AvgIpc) is 2.66. The summed E-state index contributed by atoms with van der Waals surface area (Å²) in [5.41, 5.74) is 2.35. The summed E-state index contributed by atoms with van der Waals surface area (Å²) in [6.45, 7) is 4.27. The Morgan fingerprint density at radius 2 is 2.06 bits per heavy atom. The molecule has 1 aromatic heterocycles. The average molecular weight is 263 g/mol. The van der Waals surface area contributed by atoms with Gasteiger partial charge in [-0.1, -0.05) is 12.1 Å². The molecule has 3 heteroatoms. The van der Waals surface area contributed by atoms with Crippen LogP contribution in [0.2, 0.25) is 0 Å². The molecule has 0 fully saturated rings. The van der Waals surface area contributed by atoms with Crippen LogP contribution in [-0.4, -0.2) is 7.05 Å². The number of thiophene rings is 1. The predicted octanol–water partition coefficient (Wildman–Crippen LogP) is 4.01. The van der Waals surface area contributed by atoms with Gasteiger partial charge in [0.05, 0.1) is 0 Å². The third kappa shape index (κ3) is 2.98. The maximum Gasteiger partial charge on any atom is 0.123 e. The van der Waals surface area contributed by atoms with E-state index in [-0.39, 0.29) is 11.9 Å². The first-order valence-electron chi connectivity index (χ1n) is 6.09. The Labute approximate surface area is 112 Å². The van der Waals surface area contributed by atoms with Gasteiger partial charge < -0.3 is 5.32 Å². The van der Waals surface area contributed by atoms with Crippen molar-refractivity contribution in [1.82, 2.24) is 5.32 Å². The minimum atomic E-state index is -0.166. The number of hydrogen-bond acceptors (Lipinski definition) is 2. The Morgan fingerprint density at radius 3 is 2.61 bits per heavy atom. The molecule has 1 nitrogen and oxygen atoms in total. The van der Waals surface area contributed by atoms with Crippen molar-refractivity contribution in [2.24, 2.45) is 0 Å². The monoisotopic (exact) mass is 263 g/mol. The molecular weight excluding hydrogens is 245 g/mol. The molecule has 0 bridgehead atoms. The van der Waals surface area contributed by atoms with Gasteiger partial charge in [0, 0.05) is 15.8 Å². The SMILES string of the molecule is CNC(Cc1cccc(F)c1)c1cc(C)c(C)s1. The molecule has 0 aliphatic carbocycles. The van der Waals surface area contributed by atoms with E-state index in [2.05, 4.69) is 25.2 Å². The van der Waals surface area contributed by atoms with E-state index in [0.29, 0.717) is 0 Å². The quantitative estimate of drug-likeness (QED) is 0.879. The fraction of sp³-hybridized carbons (Fsp3) is 0.333. The lowest BCUT2D eigenvalue weighted by atomic mass is 10.0. The van der Waals surface area contributed by atoms with Crippen molar-refractivity contribution < 1.29 is 4.39 Å². The molecule has 96 valence electrons. The number of nitrogens with one attached hydrogen (secondary N) is 1. The van der Waals surface area contributed by atoms with Gasteiger partial charge in [-0.25, -0.2) is 4.39 Å². The standard InChI is InChI=1S/C15H18FNS/c1-10-7-15(18-11(10)2)14(17-3)9-12-5-4-6-13(16)8-12/h4-8,14,17H,9H2,1-3H3. The van der Waals surface area contributed by atoms with E-state index in [1.165, 1.54) is 21.4 Å². The molecule has 2 aromatic rings. The minimum Gasteiger partial charge on any atom is -0.312 e. The van der Waals surface area contributed by atoms with Crippen LogP contribution in [0.1, 0.15) is 26.9 Å². The van der Waals surface area contributed by atoms with Crippen molar-refractivity contribution in [3.8, 4) is 0 Å². The van der Waals surface area contributed by atoms with Crippen molar-refractivity contribution in [3.05, 3.63) is 57.0 Å². The highest BCUT2D eigenvalue weighted by Gasteiger charge is 2.13. The predicted molar refractivity (Wildman–Crippen MR) is 75.7 cm³/mol. The third-order valence-electron chi connectivity index (χ3n) is 3.21. The van der Waals surface area contributed by atoms with Crippen LogP contribution in [0, 0.1) is 19.7 Å². The lowest BCUT2D eigenvalue weighted by molar-refractivity contribution is 0.592. The van der Waals surface area contributed by atoms with Crippen LogP contribution in [0.5, 0.6) is 0 Å². The van der Waals surface area contributed by atoms with Gasteiger partial charge in [-0.3, -0.25) is 0 Å². The third-order valence-corrected chi connectivity index (χ3v) is 4.47. The maximum atomic E-state index is 13.2. The summed E-state index contributed by atoms with van der Waals surface area (Å²) in [5.74, 6) is -0.166. The normalized spacial score (nSPS) is 12.7. The van der Waals surface area contributed by atoms with Gasteiger partial charge in [0.15, 0.2) is 0 Å². The molecule has 1 unspecified atom stereocenters. The second-order valence-electron chi connectivity index (χ2n) is 4.56. The second kappa shape index (κ2) is 5.63. The van der Waals surface area contributed by atoms with Crippen LogP contribution in [0.4, 0.5) is 4.39 Å². The van der Waals surface area contributed by atoms with Gasteiger partial charge >= 0.3 is 0 Å². The zero-order valence-electron chi connectivity index (χ0n) is 11.0. The van der Waals surface area contributed by atoms with Crippen molar-refractivity contribution in [3.63, 3.8) is 0 Å². The van der Waals surface area contributed by atoms with Crippen LogP contribution in [0.15, 0.2) is 30.3 Å². The highest BCUT2D eigenvalue weighted by Crippen LogP contribution is 2.28. The molecule has 0 radical (unpaired) electrons. The zero-order valence-corrected chi connectivity index (χ0v) is 11.8. The molecule has 1 aromatic carbocycles. The molecule has 0 aliphatic heterocycles. The van der Waals surface area contributed by atoms with Gasteiger partial charge in [-0.2, -0.15) is 0 Å². The van der Waals surface area contributed by atoms with Gasteiger partial charge in [0.2, 0.25) is 0 Å². The van der Waals surface area contributed by atoms with Crippen molar-refractivity contribution in [2.75, 3.05) is 7.05 Å². The van der Waals surface area contributed by atoms with Gasteiger partial charge in [0.25, 0.3) is 0 Å². The van der Waals surface area contributed by atoms with Crippen LogP contribution < -0.4 is 5.32 Å². The Morgan fingerprint density at radius 1 is 1.28 bits per heavy atom. The topological polar surface area (TPSA) is 12.0 Å². The Kier molecular flexibility index (Phi) is 4.15. The number of benzene rings is 1. The molecule has 0 saturated heterocycles. The molecule has 0 spiro atoms. The summed E-state index contributed by atoms with van der Waals surface area (Å²) >= 11 is 1.81. The van der Waals surface area contributed by atoms with E-state index < -0.39 is 0 Å². The van der Waals surface area contributed by atoms with Crippen molar-refractivity contribution in [1.29, 1.82) is 0 Å². The molecule has 0 aliphatic rings. The Hall–Kier alpha value is -1.19. The molecule has 1 atom stereocenters. The number of aryl methyl sites for hydroxylation is 2. The highest BCUT2D eigenvalue weighted by molar-refractivity contribution is 7.12. The molecule has 2 rings (SSSR count). The van der Waals surface area contributed by atoms with E-state index >= 15 is 0 Å². The number of halogens is 1. The van der Waals surface area contributed by atoms with Gasteiger partial charge in [-0.05, 0) is 56.6 Å². The van der Waals surface area contributed by atoms with Gasteiger partial charge in [-0.15, -0.1) is 11.3 Å². The molecule has 18 heavy (non-hydrogen) atoms. The van der Waals surface area contributed by atoms with Crippen LogP contribution in [-0.2, 0) is 6.42 Å².